The van der Waals surface area contributed by atoms with E-state index in [1.807, 2.05) is 19.1 Å². The van der Waals surface area contributed by atoms with Crippen molar-refractivity contribution < 1.29 is 14.3 Å². The van der Waals surface area contributed by atoms with Crippen molar-refractivity contribution in [1.82, 2.24) is 10.6 Å². The zero-order valence-electron chi connectivity index (χ0n) is 15.8. The fourth-order valence-corrected chi connectivity index (χ4v) is 4.54. The molecule has 2 aliphatic rings. The zero-order chi connectivity index (χ0) is 18.5. The summed E-state index contributed by atoms with van der Waals surface area (Å²) in [5, 5.41) is 6.31. The molecule has 0 aromatic heterocycles. The number of hydrogen-bond donors (Lipinski definition) is 2. The van der Waals surface area contributed by atoms with Gasteiger partial charge in [-0.1, -0.05) is 13.3 Å². The first-order chi connectivity index (χ1) is 12.6. The Kier molecular flexibility index (Phi) is 6.17. The van der Waals surface area contributed by atoms with Gasteiger partial charge in [0.2, 0.25) is 5.91 Å². The third kappa shape index (κ3) is 4.37. The van der Waals surface area contributed by atoms with Crippen molar-refractivity contribution in [2.24, 2.45) is 11.8 Å². The SMILES string of the molecule is CCCC1CC(=O)NC2CC(NC(=O)c3ccc(OCC)cc3)CCC12. The molecule has 1 saturated carbocycles. The number of rotatable bonds is 6. The molecule has 4 atom stereocenters. The maximum absolute atomic E-state index is 12.5. The predicted octanol–water partition coefficient (Wildman–Crippen LogP) is 3.29. The van der Waals surface area contributed by atoms with E-state index in [2.05, 4.69) is 17.6 Å². The summed E-state index contributed by atoms with van der Waals surface area (Å²) in [7, 11) is 0. The van der Waals surface area contributed by atoms with E-state index in [1.54, 1.807) is 12.1 Å². The van der Waals surface area contributed by atoms with E-state index in [1.165, 1.54) is 0 Å². The molecule has 2 N–H and O–H groups in total. The monoisotopic (exact) mass is 358 g/mol. The summed E-state index contributed by atoms with van der Waals surface area (Å²) >= 11 is 0. The molecule has 1 aromatic rings. The standard InChI is InChI=1S/C21H30N2O3/c1-3-5-15-12-20(24)23-19-13-16(8-11-18(15)19)22-21(25)14-6-9-17(10-7-14)26-4-2/h6-7,9-10,15-16,18-19H,3-5,8,11-13H2,1-2H3,(H,22,25)(H,23,24). The Hall–Kier alpha value is -2.04. The lowest BCUT2D eigenvalue weighted by Crippen LogP contribution is -2.55. The zero-order valence-corrected chi connectivity index (χ0v) is 15.8. The van der Waals surface area contributed by atoms with Gasteiger partial charge in [-0.3, -0.25) is 9.59 Å². The summed E-state index contributed by atoms with van der Waals surface area (Å²) in [5.41, 5.74) is 0.645. The summed E-state index contributed by atoms with van der Waals surface area (Å²) in [6.07, 6.45) is 5.80. The third-order valence-corrected chi connectivity index (χ3v) is 5.73. The van der Waals surface area contributed by atoms with Crippen LogP contribution < -0.4 is 15.4 Å². The van der Waals surface area contributed by atoms with Crippen LogP contribution in [0, 0.1) is 11.8 Å². The van der Waals surface area contributed by atoms with Crippen LogP contribution in [-0.2, 0) is 4.79 Å². The van der Waals surface area contributed by atoms with Gasteiger partial charge in [0.1, 0.15) is 5.75 Å². The van der Waals surface area contributed by atoms with Crippen molar-refractivity contribution in [2.75, 3.05) is 6.61 Å². The highest BCUT2D eigenvalue weighted by Gasteiger charge is 2.40. The first kappa shape index (κ1) is 18.7. The molecule has 4 unspecified atom stereocenters. The Morgan fingerprint density at radius 3 is 2.69 bits per heavy atom. The Morgan fingerprint density at radius 1 is 1.23 bits per heavy atom. The minimum absolute atomic E-state index is 0.0521. The van der Waals surface area contributed by atoms with Gasteiger partial charge in [-0.15, -0.1) is 0 Å². The van der Waals surface area contributed by atoms with Gasteiger partial charge in [-0.25, -0.2) is 0 Å². The molecule has 5 heteroatoms. The number of piperidine rings is 1. The maximum atomic E-state index is 12.5. The molecule has 2 amide bonds. The number of nitrogens with one attached hydrogen (secondary N) is 2. The molecular formula is C21H30N2O3. The first-order valence-electron chi connectivity index (χ1n) is 9.93. The number of ether oxygens (including phenoxy) is 1. The van der Waals surface area contributed by atoms with Gasteiger partial charge in [0.15, 0.2) is 0 Å². The third-order valence-electron chi connectivity index (χ3n) is 5.73. The predicted molar refractivity (Wildman–Crippen MR) is 101 cm³/mol. The van der Waals surface area contributed by atoms with Crippen molar-refractivity contribution in [3.63, 3.8) is 0 Å². The van der Waals surface area contributed by atoms with Crippen LogP contribution in [-0.4, -0.2) is 30.5 Å². The highest BCUT2D eigenvalue weighted by molar-refractivity contribution is 5.94. The van der Waals surface area contributed by atoms with Crippen molar-refractivity contribution in [3.05, 3.63) is 29.8 Å². The molecule has 1 heterocycles. The molecule has 1 aromatic carbocycles. The number of benzene rings is 1. The van der Waals surface area contributed by atoms with Crippen molar-refractivity contribution in [2.45, 2.75) is 64.5 Å². The number of hydrogen-bond acceptors (Lipinski definition) is 3. The lowest BCUT2D eigenvalue weighted by Gasteiger charge is -2.44. The Morgan fingerprint density at radius 2 is 2.00 bits per heavy atom. The Bertz CT molecular complexity index is 629. The molecule has 2 fully saturated rings. The average molecular weight is 358 g/mol. The van der Waals surface area contributed by atoms with Gasteiger partial charge in [-0.05, 0) is 68.7 Å². The quantitative estimate of drug-likeness (QED) is 0.820. The molecule has 0 spiro atoms. The van der Waals surface area contributed by atoms with Gasteiger partial charge < -0.3 is 15.4 Å². The van der Waals surface area contributed by atoms with Gasteiger partial charge >= 0.3 is 0 Å². The van der Waals surface area contributed by atoms with Crippen LogP contribution in [0.2, 0.25) is 0 Å². The highest BCUT2D eigenvalue weighted by atomic mass is 16.5. The van der Waals surface area contributed by atoms with Crippen molar-refractivity contribution in [1.29, 1.82) is 0 Å². The Balaban J connectivity index is 1.58. The van der Waals surface area contributed by atoms with E-state index >= 15 is 0 Å². The van der Waals surface area contributed by atoms with E-state index in [4.69, 9.17) is 4.74 Å². The fourth-order valence-electron chi connectivity index (χ4n) is 4.54. The summed E-state index contributed by atoms with van der Waals surface area (Å²) in [6, 6.07) is 7.57. The second kappa shape index (κ2) is 8.56. The topological polar surface area (TPSA) is 67.4 Å². The summed E-state index contributed by atoms with van der Waals surface area (Å²) in [5.74, 6) is 1.95. The van der Waals surface area contributed by atoms with Crippen LogP contribution in [0.25, 0.3) is 0 Å². The molecule has 142 valence electrons. The molecule has 3 rings (SSSR count). The van der Waals surface area contributed by atoms with Crippen molar-refractivity contribution in [3.8, 4) is 5.75 Å². The van der Waals surface area contributed by atoms with Crippen LogP contribution in [0.4, 0.5) is 0 Å². The molecule has 1 aliphatic carbocycles. The molecule has 0 bridgehead atoms. The number of carbonyl (C=O) groups excluding carboxylic acids is 2. The van der Waals surface area contributed by atoms with Crippen LogP contribution in [0.5, 0.6) is 5.75 Å². The summed E-state index contributed by atoms with van der Waals surface area (Å²) in [4.78, 5) is 24.6. The minimum Gasteiger partial charge on any atom is -0.494 e. The van der Waals surface area contributed by atoms with Crippen LogP contribution in [0.15, 0.2) is 24.3 Å². The second-order valence-electron chi connectivity index (χ2n) is 7.53. The maximum Gasteiger partial charge on any atom is 0.251 e. The summed E-state index contributed by atoms with van der Waals surface area (Å²) in [6.45, 7) is 4.73. The molecular weight excluding hydrogens is 328 g/mol. The molecule has 1 aliphatic heterocycles. The van der Waals surface area contributed by atoms with Gasteiger partial charge in [0.25, 0.3) is 5.91 Å². The first-order valence-corrected chi connectivity index (χ1v) is 9.93. The van der Waals surface area contributed by atoms with Crippen LogP contribution >= 0.6 is 0 Å². The molecule has 5 nitrogen and oxygen atoms in total. The number of carbonyl (C=O) groups is 2. The Labute approximate surface area is 155 Å². The minimum atomic E-state index is -0.0521. The van der Waals surface area contributed by atoms with Gasteiger partial charge in [0, 0.05) is 24.1 Å². The second-order valence-corrected chi connectivity index (χ2v) is 7.53. The lowest BCUT2D eigenvalue weighted by atomic mass is 9.70. The van der Waals surface area contributed by atoms with Crippen LogP contribution in [0.1, 0.15) is 62.7 Å². The van der Waals surface area contributed by atoms with E-state index in [-0.39, 0.29) is 23.9 Å². The van der Waals surface area contributed by atoms with E-state index in [0.29, 0.717) is 30.4 Å². The molecule has 26 heavy (non-hydrogen) atoms. The normalized spacial score (nSPS) is 28.0. The highest BCUT2D eigenvalue weighted by Crippen LogP contribution is 2.37. The van der Waals surface area contributed by atoms with Gasteiger partial charge in [0.05, 0.1) is 6.61 Å². The van der Waals surface area contributed by atoms with Crippen molar-refractivity contribution >= 4 is 11.8 Å². The largest absolute Gasteiger partial charge is 0.494 e. The smallest absolute Gasteiger partial charge is 0.251 e. The van der Waals surface area contributed by atoms with E-state index < -0.39 is 0 Å². The fraction of sp³-hybridized carbons (Fsp3) is 0.619. The van der Waals surface area contributed by atoms with E-state index in [0.717, 1.165) is 37.9 Å². The number of amides is 2. The number of fused-ring (bicyclic) bond motifs is 1. The summed E-state index contributed by atoms with van der Waals surface area (Å²) < 4.78 is 5.42. The van der Waals surface area contributed by atoms with E-state index in [9.17, 15) is 9.59 Å². The molecule has 1 saturated heterocycles. The lowest BCUT2D eigenvalue weighted by molar-refractivity contribution is -0.127. The van der Waals surface area contributed by atoms with Crippen LogP contribution in [0.3, 0.4) is 0 Å². The molecule has 0 radical (unpaired) electrons. The average Bonchev–Trinajstić information content (AvgIpc) is 2.62. The van der Waals surface area contributed by atoms with Gasteiger partial charge in [-0.2, -0.15) is 0 Å².